The average Bonchev–Trinajstić information content (AvgIpc) is 3.07. The smallest absolute Gasteiger partial charge is 0.335 e. The number of benzene rings is 3. The van der Waals surface area contributed by atoms with Gasteiger partial charge in [-0.2, -0.15) is 0 Å². The number of carboxylic acid groups (broad SMARTS) is 1. The number of halogens is 3. The quantitative estimate of drug-likeness (QED) is 0.230. The van der Waals surface area contributed by atoms with Crippen LogP contribution in [0.5, 0.6) is 5.75 Å². The zero-order valence-electron chi connectivity index (χ0n) is 18.2. The van der Waals surface area contributed by atoms with Crippen LogP contribution >= 0.6 is 57.6 Å². The summed E-state index contributed by atoms with van der Waals surface area (Å²) in [6.45, 7) is 0.318. The molecule has 1 fully saturated rings. The van der Waals surface area contributed by atoms with Crippen molar-refractivity contribution in [2.24, 2.45) is 4.99 Å². The molecule has 0 atom stereocenters. The van der Waals surface area contributed by atoms with Gasteiger partial charge in [0.1, 0.15) is 6.61 Å². The number of nitrogens with zero attached hydrogens (tertiary/aromatic N) is 2. The second kappa shape index (κ2) is 11.0. The van der Waals surface area contributed by atoms with Crippen molar-refractivity contribution in [3.05, 3.63) is 95.9 Å². The highest BCUT2D eigenvalue weighted by molar-refractivity contribution is 14.1. The molecule has 1 aliphatic heterocycles. The maximum Gasteiger partial charge on any atom is 0.335 e. The van der Waals surface area contributed by atoms with Crippen molar-refractivity contribution >= 4 is 86.4 Å². The van der Waals surface area contributed by atoms with Gasteiger partial charge in [0, 0.05) is 10.6 Å². The molecule has 0 aliphatic carbocycles. The predicted molar refractivity (Wildman–Crippen MR) is 149 cm³/mol. The Kier molecular flexibility index (Phi) is 8.05. The van der Waals surface area contributed by atoms with Crippen LogP contribution in [0.1, 0.15) is 21.5 Å². The fraction of sp³-hybridized carbons (Fsp3) is 0.0800. The van der Waals surface area contributed by atoms with E-state index in [1.165, 1.54) is 28.8 Å². The van der Waals surface area contributed by atoms with Crippen LogP contribution in [-0.2, 0) is 11.4 Å². The van der Waals surface area contributed by atoms with Gasteiger partial charge in [-0.1, -0.05) is 41.4 Å². The summed E-state index contributed by atoms with van der Waals surface area (Å²) < 4.78 is 6.97. The topological polar surface area (TPSA) is 79.2 Å². The number of carbonyl (C=O) groups is 2. The van der Waals surface area contributed by atoms with Crippen LogP contribution in [-0.4, -0.2) is 34.1 Å². The van der Waals surface area contributed by atoms with Crippen LogP contribution in [0.3, 0.4) is 0 Å². The molecule has 1 saturated heterocycles. The molecule has 0 saturated carbocycles. The lowest BCUT2D eigenvalue weighted by atomic mass is 10.2. The van der Waals surface area contributed by atoms with E-state index in [9.17, 15) is 14.7 Å². The monoisotopic (exact) mass is 638 g/mol. The number of carboxylic acids is 1. The van der Waals surface area contributed by atoms with Gasteiger partial charge in [-0.05, 0) is 94.0 Å². The lowest BCUT2D eigenvalue weighted by Crippen LogP contribution is -2.23. The van der Waals surface area contributed by atoms with Crippen molar-refractivity contribution in [3.8, 4) is 5.75 Å². The summed E-state index contributed by atoms with van der Waals surface area (Å²) in [6, 6.07) is 17.5. The highest BCUT2D eigenvalue weighted by Crippen LogP contribution is 2.38. The van der Waals surface area contributed by atoms with Crippen LogP contribution in [0.4, 0.5) is 5.69 Å². The zero-order valence-corrected chi connectivity index (χ0v) is 22.7. The maximum absolute atomic E-state index is 12.8. The summed E-state index contributed by atoms with van der Waals surface area (Å²) in [5.74, 6) is -0.914. The Balaban J connectivity index is 1.54. The van der Waals surface area contributed by atoms with Crippen molar-refractivity contribution in [1.29, 1.82) is 0 Å². The van der Waals surface area contributed by atoms with E-state index in [2.05, 4.69) is 27.6 Å². The molecule has 6 nitrogen and oxygen atoms in total. The normalized spacial score (nSPS) is 15.8. The summed E-state index contributed by atoms with van der Waals surface area (Å²) in [5, 5.41) is 10.3. The first kappa shape index (κ1) is 25.6. The number of hydrogen-bond donors (Lipinski definition) is 1. The minimum Gasteiger partial charge on any atom is -0.486 e. The van der Waals surface area contributed by atoms with Gasteiger partial charge in [0.05, 0.1) is 26.2 Å². The summed E-state index contributed by atoms with van der Waals surface area (Å²) in [4.78, 5) is 30.3. The van der Waals surface area contributed by atoms with Gasteiger partial charge in [0.2, 0.25) is 0 Å². The van der Waals surface area contributed by atoms with E-state index < -0.39 is 5.97 Å². The molecule has 0 radical (unpaired) electrons. The van der Waals surface area contributed by atoms with Gasteiger partial charge in [0.25, 0.3) is 5.91 Å². The van der Waals surface area contributed by atoms with Gasteiger partial charge in [-0.15, -0.1) is 0 Å². The minimum atomic E-state index is -1.05. The van der Waals surface area contributed by atoms with Crippen molar-refractivity contribution in [2.45, 2.75) is 6.61 Å². The number of amidine groups is 1. The molecule has 1 amide bonds. The van der Waals surface area contributed by atoms with E-state index in [4.69, 9.17) is 27.9 Å². The molecule has 4 rings (SSSR count). The van der Waals surface area contributed by atoms with Crippen LogP contribution in [0.2, 0.25) is 10.0 Å². The minimum absolute atomic E-state index is 0.119. The highest BCUT2D eigenvalue weighted by Gasteiger charge is 2.30. The largest absolute Gasteiger partial charge is 0.486 e. The molecule has 0 bridgehead atoms. The lowest BCUT2D eigenvalue weighted by Gasteiger charge is -2.11. The highest BCUT2D eigenvalue weighted by atomic mass is 127. The molecule has 10 heteroatoms. The first-order valence-corrected chi connectivity index (χ1v) is 12.8. The molecule has 3 aromatic carbocycles. The molecule has 0 aromatic heterocycles. The fourth-order valence-electron chi connectivity index (χ4n) is 3.16. The Labute approximate surface area is 229 Å². The fourth-order valence-corrected chi connectivity index (χ4v) is 5.12. The van der Waals surface area contributed by atoms with Gasteiger partial charge in [-0.25, -0.2) is 9.79 Å². The Morgan fingerprint density at radius 1 is 1.14 bits per heavy atom. The van der Waals surface area contributed by atoms with E-state index >= 15 is 0 Å². The number of hydrogen-bond acceptors (Lipinski definition) is 5. The van der Waals surface area contributed by atoms with Gasteiger partial charge >= 0.3 is 5.97 Å². The summed E-state index contributed by atoms with van der Waals surface area (Å²) >= 11 is 16.3. The summed E-state index contributed by atoms with van der Waals surface area (Å²) in [6.07, 6.45) is 1.68. The van der Waals surface area contributed by atoms with Crippen LogP contribution in [0.15, 0.2) is 70.6 Å². The molecule has 0 unspecified atom stereocenters. The number of amides is 1. The number of thioether (sulfide) groups is 1. The Morgan fingerprint density at radius 2 is 1.83 bits per heavy atom. The van der Waals surface area contributed by atoms with Crippen molar-refractivity contribution in [1.82, 2.24) is 4.90 Å². The molecular formula is C25H17Cl2IN2O4S. The Bertz CT molecular complexity index is 1350. The number of ether oxygens (including phenoxy) is 1. The Morgan fingerprint density at radius 3 is 2.49 bits per heavy atom. The second-order valence-corrected chi connectivity index (χ2v) is 10.5. The van der Waals surface area contributed by atoms with E-state index in [1.54, 1.807) is 37.4 Å². The van der Waals surface area contributed by atoms with Gasteiger partial charge < -0.3 is 9.84 Å². The van der Waals surface area contributed by atoms with Crippen molar-refractivity contribution in [3.63, 3.8) is 0 Å². The molecule has 35 heavy (non-hydrogen) atoms. The van der Waals surface area contributed by atoms with Gasteiger partial charge in [-0.3, -0.25) is 9.69 Å². The molecule has 3 aromatic rings. The third kappa shape index (κ3) is 6.19. The maximum atomic E-state index is 12.8. The van der Waals surface area contributed by atoms with E-state index in [1.807, 2.05) is 24.3 Å². The first-order valence-electron chi connectivity index (χ1n) is 10.2. The van der Waals surface area contributed by atoms with Crippen LogP contribution in [0.25, 0.3) is 6.08 Å². The lowest BCUT2D eigenvalue weighted by molar-refractivity contribution is -0.121. The first-order chi connectivity index (χ1) is 16.7. The third-order valence-corrected chi connectivity index (χ3v) is 7.28. The second-order valence-electron chi connectivity index (χ2n) is 7.45. The number of rotatable bonds is 6. The standard InChI is InChI=1S/C25H17Cl2IN2O4S/c1-30-23(31)21(35-25(30)29-18-4-2-3-16(12-18)24(32)33)11-15-9-19(26)22(20(27)10-15)34-13-14-5-7-17(28)8-6-14/h2-12H,13H2,1H3,(H,32,33). The number of carbonyl (C=O) groups excluding carboxylic acids is 1. The average molecular weight is 639 g/mol. The molecular weight excluding hydrogens is 622 g/mol. The summed E-state index contributed by atoms with van der Waals surface area (Å²) in [5.41, 5.74) is 2.18. The molecule has 1 N–H and O–H groups in total. The van der Waals surface area contributed by atoms with Crippen LogP contribution < -0.4 is 4.74 Å². The SMILES string of the molecule is CN1C(=O)C(=Cc2cc(Cl)c(OCc3ccc(I)cc3)c(Cl)c2)SC1=Nc1cccc(C(=O)O)c1. The van der Waals surface area contributed by atoms with Crippen LogP contribution in [0, 0.1) is 3.57 Å². The summed E-state index contributed by atoms with van der Waals surface area (Å²) in [7, 11) is 1.61. The Hall–Kier alpha value is -2.53. The molecule has 1 heterocycles. The van der Waals surface area contributed by atoms with E-state index in [-0.39, 0.29) is 11.5 Å². The van der Waals surface area contributed by atoms with E-state index in [0.717, 1.165) is 9.13 Å². The van der Waals surface area contributed by atoms with Gasteiger partial charge in [0.15, 0.2) is 10.9 Å². The number of aliphatic imine (C=N–C) groups is 1. The number of aromatic carboxylic acids is 1. The van der Waals surface area contributed by atoms with Crippen molar-refractivity contribution in [2.75, 3.05) is 7.05 Å². The van der Waals surface area contributed by atoms with E-state index in [0.29, 0.717) is 43.7 Å². The molecule has 0 spiro atoms. The molecule has 178 valence electrons. The number of likely N-dealkylation sites (N-methyl/N-ethyl adjacent to an activating group) is 1. The molecule has 1 aliphatic rings. The zero-order chi connectivity index (χ0) is 25.1. The third-order valence-electron chi connectivity index (χ3n) is 4.94. The van der Waals surface area contributed by atoms with Crippen molar-refractivity contribution < 1.29 is 19.4 Å². The predicted octanol–water partition coefficient (Wildman–Crippen LogP) is 7.11.